The van der Waals surface area contributed by atoms with E-state index in [0.29, 0.717) is 10.8 Å². The standard InChI is InChI=1S/C12H14ClN3O/c1-16-8-9(7-15-16)6-14-10-3-4-12(17-2)11(13)5-10/h3-5,7-8,14H,6H2,1-2H3. The van der Waals surface area contributed by atoms with Crippen molar-refractivity contribution in [1.29, 1.82) is 0 Å². The molecule has 0 unspecified atom stereocenters. The highest BCUT2D eigenvalue weighted by atomic mass is 35.5. The first-order valence-electron chi connectivity index (χ1n) is 5.24. The number of methoxy groups -OCH3 is 1. The van der Waals surface area contributed by atoms with E-state index in [0.717, 1.165) is 17.8 Å². The fourth-order valence-electron chi connectivity index (χ4n) is 1.54. The number of rotatable bonds is 4. The Morgan fingerprint density at radius 2 is 2.29 bits per heavy atom. The molecule has 0 spiro atoms. The van der Waals surface area contributed by atoms with E-state index in [9.17, 15) is 0 Å². The van der Waals surface area contributed by atoms with Crippen molar-refractivity contribution < 1.29 is 4.74 Å². The average molecular weight is 252 g/mol. The van der Waals surface area contributed by atoms with Crippen molar-refractivity contribution in [1.82, 2.24) is 9.78 Å². The van der Waals surface area contributed by atoms with Crippen LogP contribution in [0.2, 0.25) is 5.02 Å². The van der Waals surface area contributed by atoms with Crippen LogP contribution in [-0.4, -0.2) is 16.9 Å². The Labute approximate surface area is 105 Å². The number of benzene rings is 1. The van der Waals surface area contributed by atoms with Gasteiger partial charge in [0.2, 0.25) is 0 Å². The van der Waals surface area contributed by atoms with Crippen LogP contribution < -0.4 is 10.1 Å². The molecule has 1 heterocycles. The van der Waals surface area contributed by atoms with Gasteiger partial charge in [0.1, 0.15) is 5.75 Å². The van der Waals surface area contributed by atoms with E-state index >= 15 is 0 Å². The molecule has 2 rings (SSSR count). The van der Waals surface area contributed by atoms with Gasteiger partial charge in [-0.05, 0) is 18.2 Å². The van der Waals surface area contributed by atoms with Gasteiger partial charge in [-0.15, -0.1) is 0 Å². The second kappa shape index (κ2) is 5.10. The number of hydrogen-bond acceptors (Lipinski definition) is 3. The fourth-order valence-corrected chi connectivity index (χ4v) is 1.80. The molecule has 1 aromatic heterocycles. The lowest BCUT2D eigenvalue weighted by atomic mass is 10.3. The van der Waals surface area contributed by atoms with Crippen LogP contribution in [0, 0.1) is 0 Å². The van der Waals surface area contributed by atoms with Gasteiger partial charge in [0.15, 0.2) is 0 Å². The van der Waals surface area contributed by atoms with Crippen LogP contribution in [0.4, 0.5) is 5.69 Å². The van der Waals surface area contributed by atoms with E-state index in [1.54, 1.807) is 11.8 Å². The third kappa shape index (κ3) is 2.91. The van der Waals surface area contributed by atoms with Crippen LogP contribution in [0.15, 0.2) is 30.6 Å². The monoisotopic (exact) mass is 251 g/mol. The van der Waals surface area contributed by atoms with Crippen molar-refractivity contribution in [2.75, 3.05) is 12.4 Å². The molecule has 0 atom stereocenters. The molecule has 0 fully saturated rings. The first-order chi connectivity index (χ1) is 8.19. The number of aromatic nitrogens is 2. The minimum atomic E-state index is 0.601. The smallest absolute Gasteiger partial charge is 0.137 e. The molecular formula is C12H14ClN3O. The van der Waals surface area contributed by atoms with Gasteiger partial charge in [0.05, 0.1) is 18.3 Å². The number of nitrogens with one attached hydrogen (secondary N) is 1. The molecular weight excluding hydrogens is 238 g/mol. The minimum absolute atomic E-state index is 0.601. The van der Waals surface area contributed by atoms with E-state index < -0.39 is 0 Å². The van der Waals surface area contributed by atoms with Gasteiger partial charge < -0.3 is 10.1 Å². The van der Waals surface area contributed by atoms with Crippen molar-refractivity contribution in [2.45, 2.75) is 6.54 Å². The maximum absolute atomic E-state index is 6.03. The summed E-state index contributed by atoms with van der Waals surface area (Å²) in [6.45, 7) is 0.719. The SMILES string of the molecule is COc1ccc(NCc2cnn(C)c2)cc1Cl. The molecule has 0 amide bonds. The molecule has 1 N–H and O–H groups in total. The molecule has 1 aromatic carbocycles. The summed E-state index contributed by atoms with van der Waals surface area (Å²) in [7, 11) is 3.50. The van der Waals surface area contributed by atoms with Gasteiger partial charge in [0, 0.05) is 31.0 Å². The summed E-state index contributed by atoms with van der Waals surface area (Å²) in [6.07, 6.45) is 3.80. The molecule has 0 radical (unpaired) electrons. The highest BCUT2D eigenvalue weighted by Gasteiger charge is 2.02. The lowest BCUT2D eigenvalue weighted by Crippen LogP contribution is -1.98. The number of nitrogens with zero attached hydrogens (tertiary/aromatic N) is 2. The van der Waals surface area contributed by atoms with Crippen LogP contribution in [0.3, 0.4) is 0 Å². The molecule has 0 aliphatic heterocycles. The zero-order valence-electron chi connectivity index (χ0n) is 9.77. The Morgan fingerprint density at radius 3 is 2.88 bits per heavy atom. The minimum Gasteiger partial charge on any atom is -0.495 e. The molecule has 0 aliphatic carbocycles. The summed E-state index contributed by atoms with van der Waals surface area (Å²) < 4.78 is 6.87. The van der Waals surface area contributed by atoms with Gasteiger partial charge in [-0.3, -0.25) is 4.68 Å². The maximum atomic E-state index is 6.03. The predicted molar refractivity (Wildman–Crippen MR) is 68.5 cm³/mol. The Bertz CT molecular complexity index is 510. The largest absolute Gasteiger partial charge is 0.495 e. The molecule has 5 heteroatoms. The van der Waals surface area contributed by atoms with Gasteiger partial charge in [-0.25, -0.2) is 0 Å². The highest BCUT2D eigenvalue weighted by Crippen LogP contribution is 2.27. The Kier molecular flexibility index (Phi) is 3.54. The molecule has 0 bridgehead atoms. The molecule has 0 aliphatic rings. The summed E-state index contributed by atoms with van der Waals surface area (Å²) in [5, 5.41) is 7.98. The number of hydrogen-bond donors (Lipinski definition) is 1. The van der Waals surface area contributed by atoms with Gasteiger partial charge in [0.25, 0.3) is 0 Å². The number of aryl methyl sites for hydroxylation is 1. The van der Waals surface area contributed by atoms with Crippen molar-refractivity contribution in [3.63, 3.8) is 0 Å². The number of halogens is 1. The molecule has 90 valence electrons. The Hall–Kier alpha value is -1.68. The summed E-state index contributed by atoms with van der Waals surface area (Å²) >= 11 is 6.03. The molecule has 0 saturated heterocycles. The first kappa shape index (κ1) is 11.8. The summed E-state index contributed by atoms with van der Waals surface area (Å²) in [4.78, 5) is 0. The summed E-state index contributed by atoms with van der Waals surface area (Å²) in [5.41, 5.74) is 2.08. The van der Waals surface area contributed by atoms with E-state index in [1.807, 2.05) is 37.6 Å². The molecule has 17 heavy (non-hydrogen) atoms. The quantitative estimate of drug-likeness (QED) is 0.908. The second-order valence-electron chi connectivity index (χ2n) is 3.73. The normalized spacial score (nSPS) is 10.3. The van der Waals surface area contributed by atoms with Crippen molar-refractivity contribution in [3.05, 3.63) is 41.2 Å². The second-order valence-corrected chi connectivity index (χ2v) is 4.13. The topological polar surface area (TPSA) is 39.1 Å². The van der Waals surface area contributed by atoms with Crippen LogP contribution in [0.25, 0.3) is 0 Å². The van der Waals surface area contributed by atoms with Gasteiger partial charge in [-0.1, -0.05) is 11.6 Å². The van der Waals surface area contributed by atoms with Crippen LogP contribution in [0.1, 0.15) is 5.56 Å². The zero-order valence-corrected chi connectivity index (χ0v) is 10.5. The molecule has 4 nitrogen and oxygen atoms in total. The molecule has 0 saturated carbocycles. The van der Waals surface area contributed by atoms with E-state index in [-0.39, 0.29) is 0 Å². The van der Waals surface area contributed by atoms with Crippen LogP contribution >= 0.6 is 11.6 Å². The third-order valence-corrected chi connectivity index (χ3v) is 2.70. The van der Waals surface area contributed by atoms with Crippen molar-refractivity contribution >= 4 is 17.3 Å². The van der Waals surface area contributed by atoms with Gasteiger partial charge in [-0.2, -0.15) is 5.10 Å². The van der Waals surface area contributed by atoms with Crippen molar-refractivity contribution in [2.24, 2.45) is 7.05 Å². The van der Waals surface area contributed by atoms with E-state index in [4.69, 9.17) is 16.3 Å². The zero-order chi connectivity index (χ0) is 12.3. The van der Waals surface area contributed by atoms with E-state index in [1.165, 1.54) is 0 Å². The first-order valence-corrected chi connectivity index (χ1v) is 5.62. The summed E-state index contributed by atoms with van der Waals surface area (Å²) in [5.74, 6) is 0.679. The lowest BCUT2D eigenvalue weighted by Gasteiger charge is -2.07. The predicted octanol–water partition coefficient (Wildman–Crippen LogP) is 2.69. The Balaban J connectivity index is 2.02. The van der Waals surface area contributed by atoms with E-state index in [2.05, 4.69) is 10.4 Å². The van der Waals surface area contributed by atoms with Crippen LogP contribution in [-0.2, 0) is 13.6 Å². The fraction of sp³-hybridized carbons (Fsp3) is 0.250. The number of ether oxygens (including phenoxy) is 1. The summed E-state index contributed by atoms with van der Waals surface area (Å²) in [6, 6.07) is 5.62. The maximum Gasteiger partial charge on any atom is 0.137 e. The third-order valence-electron chi connectivity index (χ3n) is 2.41. The molecule has 2 aromatic rings. The Morgan fingerprint density at radius 1 is 1.47 bits per heavy atom. The lowest BCUT2D eigenvalue weighted by molar-refractivity contribution is 0.415. The highest BCUT2D eigenvalue weighted by molar-refractivity contribution is 6.32. The van der Waals surface area contributed by atoms with Gasteiger partial charge >= 0.3 is 0 Å². The van der Waals surface area contributed by atoms with Crippen LogP contribution in [0.5, 0.6) is 5.75 Å². The van der Waals surface area contributed by atoms with Crippen molar-refractivity contribution in [3.8, 4) is 5.75 Å². The average Bonchev–Trinajstić information content (AvgIpc) is 2.73. The number of anilines is 1.